The van der Waals surface area contributed by atoms with Crippen LogP contribution in [-0.2, 0) is 20.8 Å². The van der Waals surface area contributed by atoms with Crippen LogP contribution in [0.3, 0.4) is 0 Å². The Balaban J connectivity index is 1.89. The van der Waals surface area contributed by atoms with E-state index in [1.54, 1.807) is 0 Å². The minimum Gasteiger partial charge on any atom is -0.379 e. The van der Waals surface area contributed by atoms with E-state index in [4.69, 9.17) is 14.2 Å². The molecule has 0 radical (unpaired) electrons. The molecule has 3 heteroatoms. The van der Waals surface area contributed by atoms with Gasteiger partial charge in [0.15, 0.2) is 0 Å². The molecule has 0 aliphatic carbocycles. The predicted molar refractivity (Wildman–Crippen MR) is 63.4 cm³/mol. The molecule has 1 aromatic carbocycles. The minimum absolute atomic E-state index is 0.625. The van der Waals surface area contributed by atoms with E-state index < -0.39 is 0 Å². The Morgan fingerprint density at radius 3 is 2.12 bits per heavy atom. The fraction of sp³-hybridized carbons (Fsp3) is 0.538. The summed E-state index contributed by atoms with van der Waals surface area (Å²) in [5, 5.41) is 0. The quantitative estimate of drug-likeness (QED) is 0.602. The van der Waals surface area contributed by atoms with Gasteiger partial charge in [-0.05, 0) is 12.5 Å². The van der Waals surface area contributed by atoms with Gasteiger partial charge in [0.05, 0.1) is 33.0 Å². The van der Waals surface area contributed by atoms with E-state index >= 15 is 0 Å². The summed E-state index contributed by atoms with van der Waals surface area (Å²) in [6, 6.07) is 10.1. The smallest absolute Gasteiger partial charge is 0.0718 e. The maximum absolute atomic E-state index is 5.46. The van der Waals surface area contributed by atoms with Gasteiger partial charge in [0.2, 0.25) is 0 Å². The van der Waals surface area contributed by atoms with Crippen molar-refractivity contribution in [2.45, 2.75) is 13.5 Å². The summed E-state index contributed by atoms with van der Waals surface area (Å²) in [7, 11) is 0. The van der Waals surface area contributed by atoms with Gasteiger partial charge in [0, 0.05) is 6.61 Å². The average molecular weight is 224 g/mol. The lowest BCUT2D eigenvalue weighted by Gasteiger charge is -2.05. The zero-order valence-corrected chi connectivity index (χ0v) is 9.85. The number of hydrogen-bond acceptors (Lipinski definition) is 3. The van der Waals surface area contributed by atoms with Crippen molar-refractivity contribution in [2.24, 2.45) is 0 Å². The maximum atomic E-state index is 5.46. The monoisotopic (exact) mass is 224 g/mol. The largest absolute Gasteiger partial charge is 0.379 e. The maximum Gasteiger partial charge on any atom is 0.0718 e. The van der Waals surface area contributed by atoms with Crippen molar-refractivity contribution in [3.8, 4) is 0 Å². The lowest BCUT2D eigenvalue weighted by atomic mass is 10.2. The van der Waals surface area contributed by atoms with Crippen LogP contribution < -0.4 is 0 Å². The van der Waals surface area contributed by atoms with Crippen molar-refractivity contribution in [2.75, 3.05) is 33.0 Å². The Hall–Kier alpha value is -0.900. The molecule has 0 aliphatic heterocycles. The molecule has 0 amide bonds. The molecule has 0 saturated heterocycles. The molecule has 16 heavy (non-hydrogen) atoms. The molecule has 0 unspecified atom stereocenters. The number of ether oxygens (including phenoxy) is 3. The van der Waals surface area contributed by atoms with E-state index in [9.17, 15) is 0 Å². The Labute approximate surface area is 97.3 Å². The van der Waals surface area contributed by atoms with Gasteiger partial charge in [-0.3, -0.25) is 0 Å². The molecule has 0 saturated carbocycles. The molecule has 0 spiro atoms. The lowest BCUT2D eigenvalue weighted by molar-refractivity contribution is 0.0128. The Bertz CT molecular complexity index is 249. The first-order chi connectivity index (χ1) is 7.93. The summed E-state index contributed by atoms with van der Waals surface area (Å²) in [6.07, 6.45) is 0. The second-order valence-corrected chi connectivity index (χ2v) is 3.35. The Morgan fingerprint density at radius 1 is 0.812 bits per heavy atom. The third-order valence-corrected chi connectivity index (χ3v) is 2.06. The molecular formula is C13H20O3. The van der Waals surface area contributed by atoms with Crippen LogP contribution in [-0.4, -0.2) is 33.0 Å². The first kappa shape index (κ1) is 13.2. The van der Waals surface area contributed by atoms with E-state index in [-0.39, 0.29) is 0 Å². The molecule has 0 N–H and O–H groups in total. The first-order valence-corrected chi connectivity index (χ1v) is 5.70. The summed E-state index contributed by atoms with van der Waals surface area (Å²) in [5.41, 5.74) is 1.19. The zero-order valence-electron chi connectivity index (χ0n) is 9.85. The van der Waals surface area contributed by atoms with Gasteiger partial charge < -0.3 is 14.2 Å². The zero-order chi connectivity index (χ0) is 11.5. The fourth-order valence-corrected chi connectivity index (χ4v) is 1.25. The van der Waals surface area contributed by atoms with Crippen molar-refractivity contribution in [3.63, 3.8) is 0 Å². The first-order valence-electron chi connectivity index (χ1n) is 5.70. The van der Waals surface area contributed by atoms with E-state index in [1.807, 2.05) is 25.1 Å². The molecule has 90 valence electrons. The molecular weight excluding hydrogens is 204 g/mol. The summed E-state index contributed by atoms with van der Waals surface area (Å²) >= 11 is 0. The molecule has 1 aromatic rings. The van der Waals surface area contributed by atoms with Crippen LogP contribution in [0.15, 0.2) is 30.3 Å². The third-order valence-electron chi connectivity index (χ3n) is 2.06. The molecule has 1 rings (SSSR count). The molecule has 0 atom stereocenters. The van der Waals surface area contributed by atoms with Crippen LogP contribution in [0.1, 0.15) is 12.5 Å². The lowest BCUT2D eigenvalue weighted by Crippen LogP contribution is -2.09. The van der Waals surface area contributed by atoms with E-state index in [1.165, 1.54) is 5.56 Å². The molecule has 0 fully saturated rings. The number of hydrogen-bond donors (Lipinski definition) is 0. The van der Waals surface area contributed by atoms with Crippen molar-refractivity contribution in [1.29, 1.82) is 0 Å². The molecule has 0 aromatic heterocycles. The minimum atomic E-state index is 0.625. The Kier molecular flexibility index (Phi) is 7.68. The second-order valence-electron chi connectivity index (χ2n) is 3.35. The van der Waals surface area contributed by atoms with Crippen LogP contribution >= 0.6 is 0 Å². The van der Waals surface area contributed by atoms with Crippen LogP contribution in [0.5, 0.6) is 0 Å². The number of rotatable bonds is 9. The van der Waals surface area contributed by atoms with Crippen molar-refractivity contribution in [1.82, 2.24) is 0 Å². The summed E-state index contributed by atoms with van der Waals surface area (Å²) < 4.78 is 15.9. The van der Waals surface area contributed by atoms with Crippen molar-refractivity contribution < 1.29 is 14.2 Å². The van der Waals surface area contributed by atoms with Gasteiger partial charge in [-0.15, -0.1) is 0 Å². The molecule has 0 aliphatic rings. The molecule has 3 nitrogen and oxygen atoms in total. The average Bonchev–Trinajstić information content (AvgIpc) is 2.34. The van der Waals surface area contributed by atoms with E-state index in [2.05, 4.69) is 12.1 Å². The van der Waals surface area contributed by atoms with Gasteiger partial charge in [0.25, 0.3) is 0 Å². The second kappa shape index (κ2) is 9.33. The van der Waals surface area contributed by atoms with Crippen LogP contribution in [0.2, 0.25) is 0 Å². The van der Waals surface area contributed by atoms with Crippen molar-refractivity contribution in [3.05, 3.63) is 35.9 Å². The van der Waals surface area contributed by atoms with E-state index in [0.717, 1.165) is 6.61 Å². The summed E-state index contributed by atoms with van der Waals surface area (Å²) in [4.78, 5) is 0. The van der Waals surface area contributed by atoms with Crippen molar-refractivity contribution >= 4 is 0 Å². The third kappa shape index (κ3) is 6.56. The fourth-order valence-electron chi connectivity index (χ4n) is 1.25. The summed E-state index contributed by atoms with van der Waals surface area (Å²) in [5.74, 6) is 0. The normalized spacial score (nSPS) is 10.6. The Morgan fingerprint density at radius 2 is 1.44 bits per heavy atom. The van der Waals surface area contributed by atoms with Crippen LogP contribution in [0.4, 0.5) is 0 Å². The highest BCUT2D eigenvalue weighted by Crippen LogP contribution is 1.99. The van der Waals surface area contributed by atoms with Gasteiger partial charge in [-0.1, -0.05) is 30.3 Å². The van der Waals surface area contributed by atoms with Gasteiger partial charge in [-0.2, -0.15) is 0 Å². The summed E-state index contributed by atoms with van der Waals surface area (Å²) in [6.45, 7) is 5.92. The predicted octanol–water partition coefficient (Wildman–Crippen LogP) is 2.26. The van der Waals surface area contributed by atoms with Crippen LogP contribution in [0.25, 0.3) is 0 Å². The van der Waals surface area contributed by atoms with Gasteiger partial charge in [-0.25, -0.2) is 0 Å². The van der Waals surface area contributed by atoms with Gasteiger partial charge in [0.1, 0.15) is 0 Å². The van der Waals surface area contributed by atoms with E-state index in [0.29, 0.717) is 33.0 Å². The van der Waals surface area contributed by atoms with Gasteiger partial charge >= 0.3 is 0 Å². The SMILES string of the molecule is CCOCCOCCOCc1ccccc1. The molecule has 0 heterocycles. The highest BCUT2D eigenvalue weighted by molar-refractivity contribution is 5.13. The topological polar surface area (TPSA) is 27.7 Å². The highest BCUT2D eigenvalue weighted by Gasteiger charge is 1.92. The molecule has 0 bridgehead atoms. The number of benzene rings is 1. The standard InChI is InChI=1S/C13H20O3/c1-2-14-8-9-15-10-11-16-12-13-6-4-3-5-7-13/h3-7H,2,8-12H2,1H3. The highest BCUT2D eigenvalue weighted by atomic mass is 16.5. The van der Waals surface area contributed by atoms with Crippen LogP contribution in [0, 0.1) is 0 Å².